The van der Waals surface area contributed by atoms with Crippen molar-refractivity contribution < 1.29 is 19.1 Å². The summed E-state index contributed by atoms with van der Waals surface area (Å²) >= 11 is 0. The minimum absolute atomic E-state index is 0.175. The van der Waals surface area contributed by atoms with Crippen LogP contribution in [0.3, 0.4) is 0 Å². The largest absolute Gasteiger partial charge is 0.459 e. The van der Waals surface area contributed by atoms with Crippen molar-refractivity contribution in [2.45, 2.75) is 32.8 Å². The van der Waals surface area contributed by atoms with E-state index in [1.54, 1.807) is 45.0 Å². The van der Waals surface area contributed by atoms with E-state index in [1.807, 2.05) is 0 Å². The molecule has 0 saturated heterocycles. The molecule has 0 fully saturated rings. The first kappa shape index (κ1) is 17.0. The summed E-state index contributed by atoms with van der Waals surface area (Å²) in [7, 11) is 0. The Morgan fingerprint density at radius 2 is 1.71 bits per heavy atom. The molecule has 0 aromatic heterocycles. The van der Waals surface area contributed by atoms with E-state index in [9.17, 15) is 9.59 Å². The maximum atomic E-state index is 12.2. The number of benzene rings is 1. The number of hydrogen-bond acceptors (Lipinski definition) is 6. The molecule has 21 heavy (non-hydrogen) atoms. The lowest BCUT2D eigenvalue weighted by Gasteiger charge is -2.23. The summed E-state index contributed by atoms with van der Waals surface area (Å²) < 4.78 is 10.0. The second-order valence-electron chi connectivity index (χ2n) is 5.66. The average Bonchev–Trinajstić information content (AvgIpc) is 2.36. The van der Waals surface area contributed by atoms with Crippen molar-refractivity contribution in [2.24, 2.45) is 11.7 Å². The Bertz CT molecular complexity index is 491. The molecule has 1 aromatic rings. The van der Waals surface area contributed by atoms with Crippen molar-refractivity contribution in [3.05, 3.63) is 29.8 Å². The van der Waals surface area contributed by atoms with Crippen LogP contribution >= 0.6 is 0 Å². The Balaban J connectivity index is 2.89. The zero-order valence-electron chi connectivity index (χ0n) is 12.6. The highest BCUT2D eigenvalue weighted by Gasteiger charge is 2.32. The van der Waals surface area contributed by atoms with Gasteiger partial charge in [-0.15, -0.1) is 0 Å². The van der Waals surface area contributed by atoms with Crippen molar-refractivity contribution >= 4 is 17.6 Å². The zero-order valence-corrected chi connectivity index (χ0v) is 12.6. The van der Waals surface area contributed by atoms with Crippen LogP contribution in [0, 0.1) is 5.92 Å². The maximum Gasteiger partial charge on any atom is 0.321 e. The van der Waals surface area contributed by atoms with Crippen LogP contribution in [-0.2, 0) is 25.5 Å². The summed E-state index contributed by atoms with van der Waals surface area (Å²) in [6.45, 7) is 4.93. The highest BCUT2D eigenvalue weighted by molar-refractivity contribution is 5.95. The van der Waals surface area contributed by atoms with Crippen molar-refractivity contribution in [1.82, 2.24) is 0 Å². The van der Waals surface area contributed by atoms with Gasteiger partial charge < -0.3 is 15.2 Å². The highest BCUT2D eigenvalue weighted by Crippen LogP contribution is 2.18. The Kier molecular flexibility index (Phi) is 5.72. The fourth-order valence-corrected chi connectivity index (χ4v) is 1.71. The van der Waals surface area contributed by atoms with Crippen molar-refractivity contribution in [1.29, 1.82) is 0 Å². The van der Waals surface area contributed by atoms with Gasteiger partial charge in [-0.1, -0.05) is 12.1 Å². The molecule has 1 aromatic carbocycles. The predicted octanol–water partition coefficient (Wildman–Crippen LogP) is 1.23. The number of esters is 2. The summed E-state index contributed by atoms with van der Waals surface area (Å²) in [5.74, 6) is -2.36. The van der Waals surface area contributed by atoms with Crippen molar-refractivity contribution in [2.75, 3.05) is 12.5 Å². The predicted molar refractivity (Wildman–Crippen MR) is 79.0 cm³/mol. The molecular weight excluding hydrogens is 272 g/mol. The molecule has 1 unspecified atom stereocenters. The van der Waals surface area contributed by atoms with E-state index in [-0.39, 0.29) is 13.2 Å². The molecule has 0 aliphatic rings. The van der Waals surface area contributed by atoms with Gasteiger partial charge in [0.2, 0.25) is 0 Å². The molecule has 0 spiro atoms. The van der Waals surface area contributed by atoms with Crippen molar-refractivity contribution in [3.8, 4) is 0 Å². The fourth-order valence-electron chi connectivity index (χ4n) is 1.71. The first-order valence-corrected chi connectivity index (χ1v) is 6.67. The van der Waals surface area contributed by atoms with Crippen LogP contribution < -0.4 is 11.5 Å². The van der Waals surface area contributed by atoms with Gasteiger partial charge >= 0.3 is 11.9 Å². The van der Waals surface area contributed by atoms with Crippen molar-refractivity contribution in [3.63, 3.8) is 0 Å². The first-order chi connectivity index (χ1) is 9.73. The molecule has 6 nitrogen and oxygen atoms in total. The fraction of sp³-hybridized carbons (Fsp3) is 0.467. The third kappa shape index (κ3) is 5.83. The highest BCUT2D eigenvalue weighted by atomic mass is 16.6. The van der Waals surface area contributed by atoms with Gasteiger partial charge in [-0.2, -0.15) is 0 Å². The Hall–Kier alpha value is -2.08. The van der Waals surface area contributed by atoms with E-state index in [1.165, 1.54) is 0 Å². The number of carbonyl (C=O) groups is 2. The molecule has 0 bridgehead atoms. The summed E-state index contributed by atoms with van der Waals surface area (Å²) in [6, 6.07) is 6.91. The van der Waals surface area contributed by atoms with Crippen LogP contribution in [0.2, 0.25) is 0 Å². The number of hydrogen-bond donors (Lipinski definition) is 2. The van der Waals surface area contributed by atoms with E-state index in [0.717, 1.165) is 5.56 Å². The van der Waals surface area contributed by atoms with Crippen LogP contribution in [0.15, 0.2) is 24.3 Å². The third-order valence-electron chi connectivity index (χ3n) is 2.62. The van der Waals surface area contributed by atoms with Gasteiger partial charge in [0.15, 0.2) is 5.92 Å². The lowest BCUT2D eigenvalue weighted by molar-refractivity contribution is -0.169. The number of rotatable bonds is 5. The topological polar surface area (TPSA) is 105 Å². The minimum Gasteiger partial charge on any atom is -0.459 e. The SMILES string of the molecule is CC(C)(C)OC(=O)C(Cc1ccc(N)cc1)C(=O)OCN. The lowest BCUT2D eigenvalue weighted by Crippen LogP contribution is -2.35. The standard InChI is InChI=1S/C15H22N2O4/c1-15(2,3)21-14(19)12(13(18)20-9-16)8-10-4-6-11(17)7-5-10/h4-7,12H,8-9,16-17H2,1-3H3. The summed E-state index contributed by atoms with van der Waals surface area (Å²) in [5, 5.41) is 0. The molecule has 4 N–H and O–H groups in total. The van der Waals surface area contributed by atoms with Gasteiger partial charge in [-0.3, -0.25) is 15.3 Å². The normalized spacial score (nSPS) is 12.6. The van der Waals surface area contributed by atoms with E-state index < -0.39 is 23.5 Å². The smallest absolute Gasteiger partial charge is 0.321 e. The zero-order chi connectivity index (χ0) is 16.0. The lowest BCUT2D eigenvalue weighted by atomic mass is 9.99. The molecule has 0 aliphatic heterocycles. The van der Waals surface area contributed by atoms with Gasteiger partial charge in [0.05, 0.1) is 0 Å². The molecule has 0 heterocycles. The van der Waals surface area contributed by atoms with E-state index in [2.05, 4.69) is 0 Å². The number of nitrogens with two attached hydrogens (primary N) is 2. The minimum atomic E-state index is -1.05. The van der Waals surface area contributed by atoms with Gasteiger partial charge in [0.25, 0.3) is 0 Å². The molecule has 0 amide bonds. The van der Waals surface area contributed by atoms with Gasteiger partial charge in [0.1, 0.15) is 12.3 Å². The number of ether oxygens (including phenoxy) is 2. The molecule has 0 radical (unpaired) electrons. The number of nitrogen functional groups attached to an aromatic ring is 1. The second-order valence-corrected chi connectivity index (χ2v) is 5.66. The van der Waals surface area contributed by atoms with Crippen LogP contribution in [0.5, 0.6) is 0 Å². The van der Waals surface area contributed by atoms with E-state index in [4.69, 9.17) is 20.9 Å². The average molecular weight is 294 g/mol. The van der Waals surface area contributed by atoms with Gasteiger partial charge in [0, 0.05) is 5.69 Å². The Morgan fingerprint density at radius 1 is 1.14 bits per heavy atom. The number of anilines is 1. The molecule has 0 saturated carbocycles. The Labute approximate surface area is 124 Å². The van der Waals surface area contributed by atoms with Crippen LogP contribution in [0.1, 0.15) is 26.3 Å². The molecule has 1 rings (SSSR count). The van der Waals surface area contributed by atoms with Crippen LogP contribution in [0.4, 0.5) is 5.69 Å². The third-order valence-corrected chi connectivity index (χ3v) is 2.62. The molecule has 0 aliphatic carbocycles. The molecular formula is C15H22N2O4. The summed E-state index contributed by atoms with van der Waals surface area (Å²) in [4.78, 5) is 24.1. The maximum absolute atomic E-state index is 12.2. The molecule has 1 atom stereocenters. The summed E-state index contributed by atoms with van der Waals surface area (Å²) in [6.07, 6.45) is 0.175. The summed E-state index contributed by atoms with van der Waals surface area (Å²) in [5.41, 5.74) is 11.5. The second kappa shape index (κ2) is 7.08. The van der Waals surface area contributed by atoms with E-state index in [0.29, 0.717) is 5.69 Å². The Morgan fingerprint density at radius 3 is 2.19 bits per heavy atom. The quantitative estimate of drug-likeness (QED) is 0.366. The molecule has 6 heteroatoms. The first-order valence-electron chi connectivity index (χ1n) is 6.67. The van der Waals surface area contributed by atoms with Crippen LogP contribution in [-0.4, -0.2) is 24.3 Å². The van der Waals surface area contributed by atoms with Gasteiger partial charge in [-0.25, -0.2) is 0 Å². The van der Waals surface area contributed by atoms with E-state index >= 15 is 0 Å². The number of carbonyl (C=O) groups excluding carboxylic acids is 2. The molecule has 116 valence electrons. The monoisotopic (exact) mass is 294 g/mol. The van der Waals surface area contributed by atoms with Gasteiger partial charge in [-0.05, 0) is 44.9 Å². The van der Waals surface area contributed by atoms with Crippen LogP contribution in [0.25, 0.3) is 0 Å².